The summed E-state index contributed by atoms with van der Waals surface area (Å²) in [5.41, 5.74) is 1.97. The van der Waals surface area contributed by atoms with Crippen LogP contribution in [0, 0.1) is 0 Å². The molecule has 0 saturated heterocycles. The molecule has 20 heavy (non-hydrogen) atoms. The van der Waals surface area contributed by atoms with Crippen molar-refractivity contribution < 1.29 is 9.47 Å². The van der Waals surface area contributed by atoms with Gasteiger partial charge in [0.2, 0.25) is 5.88 Å². The average Bonchev–Trinajstić information content (AvgIpc) is 2.52. The van der Waals surface area contributed by atoms with E-state index in [4.69, 9.17) is 9.47 Å². The molecule has 0 spiro atoms. The summed E-state index contributed by atoms with van der Waals surface area (Å²) in [5.74, 6) is 1.36. The first-order valence-corrected chi connectivity index (χ1v) is 6.59. The predicted octanol–water partition coefficient (Wildman–Crippen LogP) is 2.17. The summed E-state index contributed by atoms with van der Waals surface area (Å²) in [5, 5.41) is 3.20. The van der Waals surface area contributed by atoms with E-state index in [2.05, 4.69) is 22.2 Å². The second-order valence-corrected chi connectivity index (χ2v) is 4.26. The van der Waals surface area contributed by atoms with E-state index in [9.17, 15) is 0 Å². The molecule has 1 aromatic carbocycles. The van der Waals surface area contributed by atoms with Gasteiger partial charge in [0.15, 0.2) is 0 Å². The van der Waals surface area contributed by atoms with E-state index in [-0.39, 0.29) is 0 Å². The SMILES string of the molecule is CCNCc1cnc(OCc2ccc(OC)cc2)cn1. The van der Waals surface area contributed by atoms with Crippen LogP contribution < -0.4 is 14.8 Å². The maximum Gasteiger partial charge on any atom is 0.232 e. The lowest BCUT2D eigenvalue weighted by Crippen LogP contribution is -2.13. The van der Waals surface area contributed by atoms with Crippen molar-refractivity contribution in [2.45, 2.75) is 20.1 Å². The molecular weight excluding hydrogens is 254 g/mol. The Morgan fingerprint density at radius 3 is 2.50 bits per heavy atom. The van der Waals surface area contributed by atoms with Crippen LogP contribution in [-0.4, -0.2) is 23.6 Å². The topological polar surface area (TPSA) is 56.3 Å². The zero-order chi connectivity index (χ0) is 14.2. The van der Waals surface area contributed by atoms with E-state index in [1.807, 2.05) is 24.3 Å². The molecule has 2 rings (SSSR count). The molecule has 0 aliphatic carbocycles. The Morgan fingerprint density at radius 1 is 1.10 bits per heavy atom. The first-order valence-electron chi connectivity index (χ1n) is 6.59. The van der Waals surface area contributed by atoms with Crippen LogP contribution in [0.4, 0.5) is 0 Å². The van der Waals surface area contributed by atoms with Gasteiger partial charge in [0.1, 0.15) is 12.4 Å². The first-order chi connectivity index (χ1) is 9.81. The Morgan fingerprint density at radius 2 is 1.90 bits per heavy atom. The van der Waals surface area contributed by atoms with Gasteiger partial charge in [-0.2, -0.15) is 0 Å². The van der Waals surface area contributed by atoms with Crippen LogP contribution in [0.15, 0.2) is 36.7 Å². The Labute approximate surface area is 119 Å². The predicted molar refractivity (Wildman–Crippen MR) is 76.7 cm³/mol. The smallest absolute Gasteiger partial charge is 0.232 e. The van der Waals surface area contributed by atoms with Crippen molar-refractivity contribution in [1.82, 2.24) is 15.3 Å². The Balaban J connectivity index is 1.86. The minimum absolute atomic E-state index is 0.464. The van der Waals surface area contributed by atoms with Crippen molar-refractivity contribution in [3.05, 3.63) is 47.9 Å². The average molecular weight is 273 g/mol. The highest BCUT2D eigenvalue weighted by Crippen LogP contribution is 2.13. The summed E-state index contributed by atoms with van der Waals surface area (Å²) in [6.07, 6.45) is 3.38. The zero-order valence-corrected chi connectivity index (χ0v) is 11.8. The van der Waals surface area contributed by atoms with Crippen molar-refractivity contribution in [3.8, 4) is 11.6 Å². The van der Waals surface area contributed by atoms with Crippen LogP contribution in [0.1, 0.15) is 18.2 Å². The molecule has 0 bridgehead atoms. The second-order valence-electron chi connectivity index (χ2n) is 4.26. The molecule has 0 amide bonds. The third-order valence-electron chi connectivity index (χ3n) is 2.78. The van der Waals surface area contributed by atoms with Crippen LogP contribution in [0.25, 0.3) is 0 Å². The van der Waals surface area contributed by atoms with Gasteiger partial charge in [0, 0.05) is 6.54 Å². The number of aromatic nitrogens is 2. The lowest BCUT2D eigenvalue weighted by atomic mass is 10.2. The Hall–Kier alpha value is -2.14. The summed E-state index contributed by atoms with van der Waals surface area (Å²) in [6.45, 7) is 4.16. The van der Waals surface area contributed by atoms with Crippen molar-refractivity contribution in [1.29, 1.82) is 0 Å². The third-order valence-corrected chi connectivity index (χ3v) is 2.78. The number of nitrogens with one attached hydrogen (secondary N) is 1. The first kappa shape index (κ1) is 14.3. The van der Waals surface area contributed by atoms with E-state index < -0.39 is 0 Å². The van der Waals surface area contributed by atoms with Gasteiger partial charge < -0.3 is 14.8 Å². The minimum atomic E-state index is 0.464. The van der Waals surface area contributed by atoms with Crippen LogP contribution in [0.2, 0.25) is 0 Å². The van der Waals surface area contributed by atoms with Gasteiger partial charge in [0.05, 0.1) is 25.2 Å². The zero-order valence-electron chi connectivity index (χ0n) is 11.8. The Kier molecular flexibility index (Phi) is 5.32. The fourth-order valence-electron chi connectivity index (χ4n) is 1.64. The van der Waals surface area contributed by atoms with Gasteiger partial charge in [0.25, 0.3) is 0 Å². The summed E-state index contributed by atoms with van der Waals surface area (Å²) in [7, 11) is 1.65. The molecule has 1 aromatic heterocycles. The maximum atomic E-state index is 5.59. The minimum Gasteiger partial charge on any atom is -0.497 e. The van der Waals surface area contributed by atoms with E-state index in [1.54, 1.807) is 19.5 Å². The number of rotatable bonds is 7. The number of benzene rings is 1. The quantitative estimate of drug-likeness (QED) is 0.838. The fourth-order valence-corrected chi connectivity index (χ4v) is 1.64. The molecule has 1 heterocycles. The van der Waals surface area contributed by atoms with Gasteiger partial charge in [-0.15, -0.1) is 0 Å². The molecule has 1 N–H and O–H groups in total. The number of nitrogens with zero attached hydrogens (tertiary/aromatic N) is 2. The fraction of sp³-hybridized carbons (Fsp3) is 0.333. The maximum absolute atomic E-state index is 5.59. The van der Waals surface area contributed by atoms with Crippen LogP contribution in [0.5, 0.6) is 11.6 Å². The van der Waals surface area contributed by atoms with Gasteiger partial charge in [-0.25, -0.2) is 4.98 Å². The van der Waals surface area contributed by atoms with Crippen LogP contribution in [-0.2, 0) is 13.2 Å². The highest BCUT2D eigenvalue weighted by molar-refractivity contribution is 5.27. The van der Waals surface area contributed by atoms with Crippen molar-refractivity contribution >= 4 is 0 Å². The third kappa shape index (κ3) is 4.20. The molecule has 106 valence electrons. The molecular formula is C15H19N3O2. The van der Waals surface area contributed by atoms with Gasteiger partial charge in [-0.1, -0.05) is 19.1 Å². The largest absolute Gasteiger partial charge is 0.497 e. The van der Waals surface area contributed by atoms with E-state index in [1.165, 1.54) is 0 Å². The molecule has 0 radical (unpaired) electrons. The second kappa shape index (κ2) is 7.45. The number of hydrogen-bond acceptors (Lipinski definition) is 5. The van der Waals surface area contributed by atoms with Gasteiger partial charge in [-0.05, 0) is 24.2 Å². The van der Waals surface area contributed by atoms with Gasteiger partial charge >= 0.3 is 0 Å². The van der Waals surface area contributed by atoms with E-state index >= 15 is 0 Å². The molecule has 5 heteroatoms. The lowest BCUT2D eigenvalue weighted by Gasteiger charge is -2.07. The standard InChI is InChI=1S/C15H19N3O2/c1-3-16-8-13-9-18-15(10-17-13)20-11-12-4-6-14(19-2)7-5-12/h4-7,9-10,16H,3,8,11H2,1-2H3. The summed E-state index contributed by atoms with van der Waals surface area (Å²) >= 11 is 0. The normalized spacial score (nSPS) is 10.3. The number of ether oxygens (including phenoxy) is 2. The van der Waals surface area contributed by atoms with Crippen molar-refractivity contribution in [2.75, 3.05) is 13.7 Å². The summed E-state index contributed by atoms with van der Waals surface area (Å²) < 4.78 is 10.7. The van der Waals surface area contributed by atoms with Crippen molar-refractivity contribution in [3.63, 3.8) is 0 Å². The van der Waals surface area contributed by atoms with Crippen molar-refractivity contribution in [2.24, 2.45) is 0 Å². The molecule has 0 unspecified atom stereocenters. The monoisotopic (exact) mass is 273 g/mol. The summed E-state index contributed by atoms with van der Waals surface area (Å²) in [4.78, 5) is 8.52. The molecule has 0 saturated carbocycles. The highest BCUT2D eigenvalue weighted by atomic mass is 16.5. The molecule has 0 atom stereocenters. The molecule has 2 aromatic rings. The molecule has 0 fully saturated rings. The summed E-state index contributed by atoms with van der Waals surface area (Å²) in [6, 6.07) is 7.74. The molecule has 0 aliphatic rings. The number of methoxy groups -OCH3 is 1. The molecule has 0 aliphatic heterocycles. The van der Waals surface area contributed by atoms with Gasteiger partial charge in [-0.3, -0.25) is 4.98 Å². The van der Waals surface area contributed by atoms with E-state index in [0.29, 0.717) is 12.5 Å². The van der Waals surface area contributed by atoms with E-state index in [0.717, 1.165) is 30.1 Å². The lowest BCUT2D eigenvalue weighted by molar-refractivity contribution is 0.292. The Bertz CT molecular complexity index is 512. The molecule has 5 nitrogen and oxygen atoms in total. The number of hydrogen-bond donors (Lipinski definition) is 1. The van der Waals surface area contributed by atoms with Crippen LogP contribution in [0.3, 0.4) is 0 Å². The van der Waals surface area contributed by atoms with Crippen LogP contribution >= 0.6 is 0 Å². The highest BCUT2D eigenvalue weighted by Gasteiger charge is 2.00.